The lowest BCUT2D eigenvalue weighted by Gasteiger charge is -2.20. The van der Waals surface area contributed by atoms with E-state index in [2.05, 4.69) is 4.84 Å². The summed E-state index contributed by atoms with van der Waals surface area (Å²) < 4.78 is 23.7. The van der Waals surface area contributed by atoms with E-state index in [4.69, 9.17) is 5.90 Å². The van der Waals surface area contributed by atoms with Crippen molar-refractivity contribution in [3.8, 4) is 0 Å². The highest BCUT2D eigenvalue weighted by Crippen LogP contribution is 2.19. The van der Waals surface area contributed by atoms with E-state index >= 15 is 0 Å². The van der Waals surface area contributed by atoms with E-state index in [0.29, 0.717) is 6.54 Å². The fourth-order valence-corrected chi connectivity index (χ4v) is 2.69. The van der Waals surface area contributed by atoms with Gasteiger partial charge in [0.15, 0.2) is 0 Å². The first kappa shape index (κ1) is 9.91. The molecule has 1 rings (SSSR count). The largest absolute Gasteiger partial charge is 0.303 e. The van der Waals surface area contributed by atoms with Crippen LogP contribution in [0.5, 0.6) is 0 Å². The van der Waals surface area contributed by atoms with Crippen molar-refractivity contribution in [2.75, 3.05) is 19.4 Å². The van der Waals surface area contributed by atoms with Gasteiger partial charge < -0.3 is 4.84 Å². The molecule has 2 N–H and O–H groups in total. The van der Waals surface area contributed by atoms with Gasteiger partial charge >= 0.3 is 0 Å². The van der Waals surface area contributed by atoms with Crippen molar-refractivity contribution in [3.63, 3.8) is 0 Å². The summed E-state index contributed by atoms with van der Waals surface area (Å²) in [7, 11) is -3.08. The Labute approximate surface area is 72.5 Å². The summed E-state index contributed by atoms with van der Waals surface area (Å²) in [5.74, 6) is 4.89. The lowest BCUT2D eigenvalue weighted by Crippen LogP contribution is -2.38. The molecular weight excluding hydrogens is 180 g/mol. The molecule has 0 amide bonds. The van der Waals surface area contributed by atoms with Crippen molar-refractivity contribution < 1.29 is 13.3 Å². The highest BCUT2D eigenvalue weighted by molar-refractivity contribution is 7.88. The fourth-order valence-electron chi connectivity index (χ4n) is 1.52. The first-order chi connectivity index (χ1) is 5.55. The first-order valence-corrected chi connectivity index (χ1v) is 5.69. The number of nitrogens with two attached hydrogens (primary N) is 1. The molecule has 0 spiro atoms. The molecule has 0 aliphatic carbocycles. The van der Waals surface area contributed by atoms with Gasteiger partial charge in [-0.15, -0.1) is 0 Å². The van der Waals surface area contributed by atoms with Crippen molar-refractivity contribution in [3.05, 3.63) is 0 Å². The number of hydrogen-bond acceptors (Lipinski definition) is 4. The maximum absolute atomic E-state index is 11.1. The van der Waals surface area contributed by atoms with E-state index in [1.54, 1.807) is 0 Å². The second kappa shape index (κ2) is 3.69. The van der Waals surface area contributed by atoms with Crippen LogP contribution in [0.2, 0.25) is 0 Å². The van der Waals surface area contributed by atoms with Gasteiger partial charge in [-0.05, 0) is 12.8 Å². The predicted octanol–water partition coefficient (Wildman–Crippen LogP) is -0.699. The summed E-state index contributed by atoms with van der Waals surface area (Å²) in [5, 5.41) is 0. The minimum Gasteiger partial charge on any atom is -0.303 e. The van der Waals surface area contributed by atoms with Crippen molar-refractivity contribution in [2.24, 2.45) is 5.90 Å². The standard InChI is InChI=1S/C6H14N2O3S/c1-12(9,10)8-4-2-3-6(8)5-11-7/h6H,2-5,7H2,1H3. The van der Waals surface area contributed by atoms with Gasteiger partial charge in [0.2, 0.25) is 10.0 Å². The molecule has 0 aromatic carbocycles. The van der Waals surface area contributed by atoms with Crippen LogP contribution >= 0.6 is 0 Å². The zero-order chi connectivity index (χ0) is 9.19. The van der Waals surface area contributed by atoms with E-state index < -0.39 is 10.0 Å². The average Bonchev–Trinajstić information content (AvgIpc) is 2.34. The zero-order valence-electron chi connectivity index (χ0n) is 7.06. The Morgan fingerprint density at radius 2 is 2.33 bits per heavy atom. The first-order valence-electron chi connectivity index (χ1n) is 3.84. The Bertz CT molecular complexity index is 239. The molecule has 1 aliphatic rings. The predicted molar refractivity (Wildman–Crippen MR) is 44.7 cm³/mol. The summed E-state index contributed by atoms with van der Waals surface area (Å²) >= 11 is 0. The normalized spacial score (nSPS) is 26.3. The maximum Gasteiger partial charge on any atom is 0.211 e. The molecule has 1 unspecified atom stereocenters. The molecule has 6 heteroatoms. The van der Waals surface area contributed by atoms with Crippen LogP contribution in [0.15, 0.2) is 0 Å². The third kappa shape index (κ3) is 2.16. The van der Waals surface area contributed by atoms with Crippen LogP contribution in [0.1, 0.15) is 12.8 Å². The Balaban J connectivity index is 2.64. The second-order valence-corrected chi connectivity index (χ2v) is 4.94. The maximum atomic E-state index is 11.1. The number of sulfonamides is 1. The van der Waals surface area contributed by atoms with Crippen LogP contribution in [0.4, 0.5) is 0 Å². The monoisotopic (exact) mass is 194 g/mol. The third-order valence-corrected chi connectivity index (χ3v) is 3.37. The van der Waals surface area contributed by atoms with Crippen LogP contribution in [0, 0.1) is 0 Å². The smallest absolute Gasteiger partial charge is 0.211 e. The van der Waals surface area contributed by atoms with Gasteiger partial charge in [0, 0.05) is 6.54 Å². The molecular formula is C6H14N2O3S. The van der Waals surface area contributed by atoms with E-state index in [1.165, 1.54) is 10.6 Å². The molecule has 0 aromatic rings. The highest BCUT2D eigenvalue weighted by atomic mass is 32.2. The van der Waals surface area contributed by atoms with E-state index in [-0.39, 0.29) is 12.6 Å². The number of hydrogen-bond donors (Lipinski definition) is 1. The summed E-state index contributed by atoms with van der Waals surface area (Å²) in [4.78, 5) is 4.45. The molecule has 5 nitrogen and oxygen atoms in total. The molecule has 0 aromatic heterocycles. The van der Waals surface area contributed by atoms with Crippen LogP contribution in [0.3, 0.4) is 0 Å². The summed E-state index contributed by atoms with van der Waals surface area (Å²) in [6.07, 6.45) is 2.94. The molecule has 1 fully saturated rings. The van der Waals surface area contributed by atoms with Gasteiger partial charge in [-0.3, -0.25) is 0 Å². The molecule has 72 valence electrons. The van der Waals surface area contributed by atoms with Crippen molar-refractivity contribution in [2.45, 2.75) is 18.9 Å². The molecule has 0 radical (unpaired) electrons. The number of nitrogens with zero attached hydrogens (tertiary/aromatic N) is 1. The minimum absolute atomic E-state index is 0.0648. The molecule has 1 atom stereocenters. The Hall–Kier alpha value is -0.170. The van der Waals surface area contributed by atoms with Crippen LogP contribution < -0.4 is 5.90 Å². The van der Waals surface area contributed by atoms with Gasteiger partial charge in [0.25, 0.3) is 0 Å². The third-order valence-electron chi connectivity index (χ3n) is 2.04. The van der Waals surface area contributed by atoms with Gasteiger partial charge in [-0.2, -0.15) is 4.31 Å². The summed E-state index contributed by atoms with van der Waals surface area (Å²) in [6.45, 7) is 0.875. The lowest BCUT2D eigenvalue weighted by atomic mass is 10.2. The molecule has 1 heterocycles. The Kier molecular flexibility index (Phi) is 3.05. The van der Waals surface area contributed by atoms with Crippen LogP contribution in [0.25, 0.3) is 0 Å². The molecule has 1 aliphatic heterocycles. The van der Waals surface area contributed by atoms with Gasteiger partial charge in [-0.1, -0.05) is 0 Å². The van der Waals surface area contributed by atoms with Gasteiger partial charge in [-0.25, -0.2) is 14.3 Å². The fraction of sp³-hybridized carbons (Fsp3) is 1.00. The van der Waals surface area contributed by atoms with Crippen molar-refractivity contribution in [1.82, 2.24) is 4.31 Å². The van der Waals surface area contributed by atoms with E-state index in [9.17, 15) is 8.42 Å². The second-order valence-electron chi connectivity index (χ2n) is 3.00. The van der Waals surface area contributed by atoms with Crippen LogP contribution in [-0.2, 0) is 14.9 Å². The zero-order valence-corrected chi connectivity index (χ0v) is 7.88. The van der Waals surface area contributed by atoms with Gasteiger partial charge in [0.1, 0.15) is 0 Å². The van der Waals surface area contributed by atoms with Crippen molar-refractivity contribution >= 4 is 10.0 Å². The SMILES string of the molecule is CS(=O)(=O)N1CCCC1CON. The molecule has 0 bridgehead atoms. The number of rotatable bonds is 3. The summed E-state index contributed by atoms with van der Waals surface area (Å²) in [5.41, 5.74) is 0. The minimum atomic E-state index is -3.08. The quantitative estimate of drug-likeness (QED) is 0.603. The average molecular weight is 194 g/mol. The van der Waals surface area contributed by atoms with E-state index in [0.717, 1.165) is 12.8 Å². The van der Waals surface area contributed by atoms with Gasteiger partial charge in [0.05, 0.1) is 18.9 Å². The molecule has 12 heavy (non-hydrogen) atoms. The molecule has 1 saturated heterocycles. The van der Waals surface area contributed by atoms with Crippen LogP contribution in [-0.4, -0.2) is 38.2 Å². The van der Waals surface area contributed by atoms with Crippen molar-refractivity contribution in [1.29, 1.82) is 0 Å². The summed E-state index contributed by atoms with van der Waals surface area (Å²) in [6, 6.07) is -0.0648. The Morgan fingerprint density at radius 1 is 1.67 bits per heavy atom. The lowest BCUT2D eigenvalue weighted by molar-refractivity contribution is 0.101. The highest BCUT2D eigenvalue weighted by Gasteiger charge is 2.31. The Morgan fingerprint density at radius 3 is 2.83 bits per heavy atom. The van der Waals surface area contributed by atoms with E-state index in [1.807, 2.05) is 0 Å². The topological polar surface area (TPSA) is 72.6 Å². The molecule has 0 saturated carbocycles.